The molecule has 3 N–H and O–H groups in total. The van der Waals surface area contributed by atoms with Crippen LogP contribution in [0.5, 0.6) is 0 Å². The van der Waals surface area contributed by atoms with Gasteiger partial charge >= 0.3 is 0 Å². The normalized spacial score (nSPS) is 17.2. The Bertz CT molecular complexity index is 517. The number of hydrogen-bond acceptors (Lipinski definition) is 2. The number of nitrogens with one attached hydrogen (secondary N) is 1. The van der Waals surface area contributed by atoms with Gasteiger partial charge in [0.2, 0.25) is 0 Å². The van der Waals surface area contributed by atoms with E-state index in [1.54, 1.807) is 0 Å². The fourth-order valence-electron chi connectivity index (χ4n) is 2.48. The summed E-state index contributed by atoms with van der Waals surface area (Å²) in [6.07, 6.45) is 3.68. The van der Waals surface area contributed by atoms with Gasteiger partial charge in [0, 0.05) is 6.04 Å². The van der Waals surface area contributed by atoms with E-state index in [0.29, 0.717) is 6.04 Å². The van der Waals surface area contributed by atoms with Crippen molar-refractivity contribution in [3.05, 3.63) is 48.0 Å². The van der Waals surface area contributed by atoms with Crippen molar-refractivity contribution >= 4 is 10.8 Å². The predicted molar refractivity (Wildman–Crippen MR) is 71.5 cm³/mol. The third kappa shape index (κ3) is 2.33. The highest BCUT2D eigenvalue weighted by molar-refractivity contribution is 5.82. The average Bonchev–Trinajstić information content (AvgIpc) is 3.20. The minimum absolute atomic E-state index is 0.441. The molecule has 2 aromatic carbocycles. The Morgan fingerprint density at radius 2 is 1.88 bits per heavy atom. The maximum Gasteiger partial charge on any atom is 0.0279 e. The highest BCUT2D eigenvalue weighted by Crippen LogP contribution is 2.34. The van der Waals surface area contributed by atoms with Crippen molar-refractivity contribution in [3.8, 4) is 0 Å². The highest BCUT2D eigenvalue weighted by Gasteiger charge is 2.30. The van der Waals surface area contributed by atoms with Crippen molar-refractivity contribution in [2.75, 3.05) is 0 Å². The van der Waals surface area contributed by atoms with Crippen molar-refractivity contribution in [1.29, 1.82) is 0 Å². The van der Waals surface area contributed by atoms with Crippen LogP contribution in [0.15, 0.2) is 42.5 Å². The van der Waals surface area contributed by atoms with Crippen LogP contribution in [0, 0.1) is 5.92 Å². The van der Waals surface area contributed by atoms with Crippen LogP contribution >= 0.6 is 0 Å². The number of hydrazine groups is 1. The van der Waals surface area contributed by atoms with E-state index in [2.05, 4.69) is 47.9 Å². The molecule has 1 unspecified atom stereocenters. The number of rotatable bonds is 4. The molecular formula is C15H18N2. The van der Waals surface area contributed by atoms with Gasteiger partial charge in [-0.15, -0.1) is 0 Å². The standard InChI is InChI=1S/C15H18N2/c16-17-15(13-7-8-13)10-11-5-6-12-3-1-2-4-14(12)9-11/h1-6,9,13,15,17H,7-8,10,16H2. The predicted octanol–water partition coefficient (Wildman–Crippen LogP) is 2.62. The molecule has 0 saturated heterocycles. The van der Waals surface area contributed by atoms with Gasteiger partial charge < -0.3 is 0 Å². The Hall–Kier alpha value is -1.38. The first kappa shape index (κ1) is 10.8. The molecule has 2 aromatic rings. The molecule has 0 aliphatic heterocycles. The summed E-state index contributed by atoms with van der Waals surface area (Å²) in [6, 6.07) is 15.6. The number of hydrogen-bond donors (Lipinski definition) is 2. The van der Waals surface area contributed by atoms with Gasteiger partial charge in [-0.05, 0) is 41.5 Å². The zero-order chi connectivity index (χ0) is 11.7. The molecule has 0 spiro atoms. The molecule has 1 aliphatic carbocycles. The van der Waals surface area contributed by atoms with Gasteiger partial charge in [-0.3, -0.25) is 11.3 Å². The first-order valence-electron chi connectivity index (χ1n) is 6.30. The third-order valence-electron chi connectivity index (χ3n) is 3.67. The average molecular weight is 226 g/mol. The van der Waals surface area contributed by atoms with E-state index in [1.807, 2.05) is 0 Å². The second-order valence-electron chi connectivity index (χ2n) is 5.00. The lowest BCUT2D eigenvalue weighted by Crippen LogP contribution is -2.38. The molecule has 1 fully saturated rings. The Kier molecular flexibility index (Phi) is 2.83. The zero-order valence-corrected chi connectivity index (χ0v) is 9.89. The van der Waals surface area contributed by atoms with E-state index in [4.69, 9.17) is 5.84 Å². The summed E-state index contributed by atoms with van der Waals surface area (Å²) in [5.74, 6) is 6.41. The van der Waals surface area contributed by atoms with Gasteiger partial charge in [-0.25, -0.2) is 0 Å². The second kappa shape index (κ2) is 4.47. The van der Waals surface area contributed by atoms with Crippen LogP contribution in [0.3, 0.4) is 0 Å². The van der Waals surface area contributed by atoms with Crippen LogP contribution in [0.25, 0.3) is 10.8 Å². The molecule has 1 atom stereocenters. The number of nitrogens with two attached hydrogens (primary N) is 1. The van der Waals surface area contributed by atoms with Crippen molar-refractivity contribution in [2.45, 2.75) is 25.3 Å². The molecule has 0 heterocycles. The Morgan fingerprint density at radius 3 is 2.59 bits per heavy atom. The maximum atomic E-state index is 5.62. The van der Waals surface area contributed by atoms with E-state index < -0.39 is 0 Å². The molecule has 1 saturated carbocycles. The van der Waals surface area contributed by atoms with Gasteiger partial charge in [-0.1, -0.05) is 42.5 Å². The van der Waals surface area contributed by atoms with Crippen molar-refractivity contribution in [3.63, 3.8) is 0 Å². The van der Waals surface area contributed by atoms with E-state index in [1.165, 1.54) is 29.2 Å². The number of fused-ring (bicyclic) bond motifs is 1. The molecule has 0 amide bonds. The lowest BCUT2D eigenvalue weighted by molar-refractivity contribution is 0.472. The van der Waals surface area contributed by atoms with Crippen LogP contribution in [0.4, 0.5) is 0 Å². The molecule has 2 nitrogen and oxygen atoms in total. The van der Waals surface area contributed by atoms with E-state index in [0.717, 1.165) is 12.3 Å². The van der Waals surface area contributed by atoms with E-state index in [-0.39, 0.29) is 0 Å². The molecular weight excluding hydrogens is 208 g/mol. The third-order valence-corrected chi connectivity index (χ3v) is 3.67. The Morgan fingerprint density at radius 1 is 1.12 bits per heavy atom. The molecule has 0 radical (unpaired) electrons. The summed E-state index contributed by atoms with van der Waals surface area (Å²) in [6.45, 7) is 0. The number of benzene rings is 2. The molecule has 88 valence electrons. The lowest BCUT2D eigenvalue weighted by Gasteiger charge is -2.15. The van der Waals surface area contributed by atoms with E-state index >= 15 is 0 Å². The smallest absolute Gasteiger partial charge is 0.0279 e. The van der Waals surface area contributed by atoms with Crippen molar-refractivity contribution in [2.24, 2.45) is 11.8 Å². The summed E-state index contributed by atoms with van der Waals surface area (Å²) < 4.78 is 0. The monoisotopic (exact) mass is 226 g/mol. The molecule has 2 heteroatoms. The van der Waals surface area contributed by atoms with Crippen LogP contribution in [-0.2, 0) is 6.42 Å². The molecule has 3 rings (SSSR count). The Balaban J connectivity index is 1.84. The summed E-state index contributed by atoms with van der Waals surface area (Å²) in [4.78, 5) is 0. The lowest BCUT2D eigenvalue weighted by atomic mass is 10.00. The zero-order valence-electron chi connectivity index (χ0n) is 9.89. The quantitative estimate of drug-likeness (QED) is 0.621. The molecule has 1 aliphatic rings. The summed E-state index contributed by atoms with van der Waals surface area (Å²) in [7, 11) is 0. The fraction of sp³-hybridized carbons (Fsp3) is 0.333. The van der Waals surface area contributed by atoms with E-state index in [9.17, 15) is 0 Å². The molecule has 17 heavy (non-hydrogen) atoms. The maximum absolute atomic E-state index is 5.62. The summed E-state index contributed by atoms with van der Waals surface area (Å²) in [5, 5.41) is 2.62. The van der Waals surface area contributed by atoms with Crippen LogP contribution in [0.1, 0.15) is 18.4 Å². The first-order valence-corrected chi connectivity index (χ1v) is 6.30. The van der Waals surface area contributed by atoms with Gasteiger partial charge in [-0.2, -0.15) is 0 Å². The Labute approximate surface area is 102 Å². The largest absolute Gasteiger partial charge is 0.271 e. The minimum Gasteiger partial charge on any atom is -0.271 e. The highest BCUT2D eigenvalue weighted by atomic mass is 15.2. The SMILES string of the molecule is NNC(Cc1ccc2ccccc2c1)C1CC1. The van der Waals surface area contributed by atoms with Gasteiger partial charge in [0.15, 0.2) is 0 Å². The van der Waals surface area contributed by atoms with Gasteiger partial charge in [0.05, 0.1) is 0 Å². The van der Waals surface area contributed by atoms with Crippen LogP contribution in [-0.4, -0.2) is 6.04 Å². The second-order valence-corrected chi connectivity index (χ2v) is 5.00. The van der Waals surface area contributed by atoms with Gasteiger partial charge in [0.25, 0.3) is 0 Å². The van der Waals surface area contributed by atoms with Crippen LogP contribution < -0.4 is 11.3 Å². The van der Waals surface area contributed by atoms with Crippen molar-refractivity contribution < 1.29 is 0 Å². The fourth-order valence-corrected chi connectivity index (χ4v) is 2.48. The van der Waals surface area contributed by atoms with Crippen molar-refractivity contribution in [1.82, 2.24) is 5.43 Å². The van der Waals surface area contributed by atoms with Gasteiger partial charge in [0.1, 0.15) is 0 Å². The summed E-state index contributed by atoms with van der Waals surface area (Å²) in [5.41, 5.74) is 4.33. The topological polar surface area (TPSA) is 38.0 Å². The molecule has 0 aromatic heterocycles. The van der Waals surface area contributed by atoms with Crippen LogP contribution in [0.2, 0.25) is 0 Å². The first-order chi connectivity index (χ1) is 8.36. The summed E-state index contributed by atoms with van der Waals surface area (Å²) >= 11 is 0. The minimum atomic E-state index is 0.441. The molecule has 0 bridgehead atoms.